The molecule has 0 bridgehead atoms. The van der Waals surface area contributed by atoms with Gasteiger partial charge in [0.05, 0.1) is 5.70 Å². The van der Waals surface area contributed by atoms with Crippen LogP contribution in [-0.2, 0) is 9.57 Å². The number of hydroxylamine groups is 1. The quantitative estimate of drug-likeness (QED) is 0.835. The summed E-state index contributed by atoms with van der Waals surface area (Å²) in [6.07, 6.45) is 2.95. The van der Waals surface area contributed by atoms with Crippen molar-refractivity contribution in [2.24, 2.45) is 0 Å². The Morgan fingerprint density at radius 3 is 2.94 bits per heavy atom. The van der Waals surface area contributed by atoms with E-state index in [0.717, 1.165) is 31.4 Å². The molecule has 0 radical (unpaired) electrons. The zero-order valence-corrected chi connectivity index (χ0v) is 10.4. The van der Waals surface area contributed by atoms with Crippen molar-refractivity contribution in [3.8, 4) is 0 Å². The van der Waals surface area contributed by atoms with Gasteiger partial charge in [-0.1, -0.05) is 36.4 Å². The van der Waals surface area contributed by atoms with E-state index in [1.807, 2.05) is 24.3 Å². The van der Waals surface area contributed by atoms with Crippen molar-refractivity contribution < 1.29 is 9.57 Å². The van der Waals surface area contributed by atoms with Crippen molar-refractivity contribution in [3.05, 3.63) is 41.4 Å². The number of hydrogen-bond acceptors (Lipinski definition) is 3. The summed E-state index contributed by atoms with van der Waals surface area (Å²) in [4.78, 5) is 5.42. The van der Waals surface area contributed by atoms with Gasteiger partial charge in [-0.15, -0.1) is 0 Å². The van der Waals surface area contributed by atoms with Gasteiger partial charge in [-0.3, -0.25) is 5.48 Å². The summed E-state index contributed by atoms with van der Waals surface area (Å²) >= 11 is 6.05. The first-order valence-electron chi connectivity index (χ1n) is 5.74. The molecule has 1 saturated heterocycles. The Morgan fingerprint density at radius 1 is 1.41 bits per heavy atom. The smallest absolute Gasteiger partial charge is 0.183 e. The van der Waals surface area contributed by atoms with Crippen molar-refractivity contribution >= 4 is 17.3 Å². The molecule has 1 atom stereocenters. The molecule has 92 valence electrons. The minimum absolute atomic E-state index is 0.192. The SMILES string of the molecule is C=C(NOC1CCCCO1)c1ccccc1Cl. The molecule has 1 fully saturated rings. The second-order valence-corrected chi connectivity index (χ2v) is 4.38. The van der Waals surface area contributed by atoms with Crippen LogP contribution in [0.4, 0.5) is 0 Å². The van der Waals surface area contributed by atoms with Crippen molar-refractivity contribution in [3.63, 3.8) is 0 Å². The summed E-state index contributed by atoms with van der Waals surface area (Å²) in [6, 6.07) is 7.50. The first kappa shape index (κ1) is 12.4. The summed E-state index contributed by atoms with van der Waals surface area (Å²) in [5.74, 6) is 0. The molecule has 1 unspecified atom stereocenters. The summed E-state index contributed by atoms with van der Waals surface area (Å²) in [7, 11) is 0. The van der Waals surface area contributed by atoms with E-state index in [-0.39, 0.29) is 6.29 Å². The van der Waals surface area contributed by atoms with Crippen molar-refractivity contribution in [2.75, 3.05) is 6.61 Å². The van der Waals surface area contributed by atoms with Crippen molar-refractivity contribution in [1.29, 1.82) is 0 Å². The van der Waals surface area contributed by atoms with Gasteiger partial charge in [-0.25, -0.2) is 4.84 Å². The van der Waals surface area contributed by atoms with Gasteiger partial charge in [0, 0.05) is 23.6 Å². The topological polar surface area (TPSA) is 30.5 Å². The van der Waals surface area contributed by atoms with Crippen LogP contribution in [0.3, 0.4) is 0 Å². The summed E-state index contributed by atoms with van der Waals surface area (Å²) < 4.78 is 5.44. The van der Waals surface area contributed by atoms with E-state index in [2.05, 4.69) is 12.1 Å². The Balaban J connectivity index is 1.87. The minimum atomic E-state index is -0.192. The van der Waals surface area contributed by atoms with Crippen molar-refractivity contribution in [2.45, 2.75) is 25.6 Å². The van der Waals surface area contributed by atoms with Gasteiger partial charge < -0.3 is 4.74 Å². The average molecular weight is 254 g/mol. The molecule has 0 aliphatic carbocycles. The number of hydrogen-bond donors (Lipinski definition) is 1. The van der Waals surface area contributed by atoms with Crippen LogP contribution < -0.4 is 5.48 Å². The van der Waals surface area contributed by atoms with E-state index < -0.39 is 0 Å². The molecular formula is C13H16ClNO2. The van der Waals surface area contributed by atoms with Gasteiger partial charge >= 0.3 is 0 Å². The van der Waals surface area contributed by atoms with Crippen LogP contribution in [0.5, 0.6) is 0 Å². The van der Waals surface area contributed by atoms with Gasteiger partial charge in [-0.05, 0) is 18.9 Å². The predicted octanol–water partition coefficient (Wildman–Crippen LogP) is 3.36. The Kier molecular flexibility index (Phi) is 4.42. The third kappa shape index (κ3) is 3.46. The van der Waals surface area contributed by atoms with Crippen LogP contribution in [0, 0.1) is 0 Å². The van der Waals surface area contributed by atoms with Crippen LogP contribution >= 0.6 is 11.6 Å². The molecule has 3 nitrogen and oxygen atoms in total. The molecule has 1 aliphatic rings. The van der Waals surface area contributed by atoms with Crippen LogP contribution in [0.2, 0.25) is 5.02 Å². The highest BCUT2D eigenvalue weighted by Crippen LogP contribution is 2.21. The van der Waals surface area contributed by atoms with E-state index >= 15 is 0 Å². The van der Waals surface area contributed by atoms with Gasteiger partial charge in [0.1, 0.15) is 0 Å². The molecule has 0 spiro atoms. The van der Waals surface area contributed by atoms with E-state index in [9.17, 15) is 0 Å². The highest BCUT2D eigenvalue weighted by atomic mass is 35.5. The maximum absolute atomic E-state index is 6.05. The molecule has 0 amide bonds. The maximum Gasteiger partial charge on any atom is 0.183 e. The number of nitrogens with one attached hydrogen (secondary N) is 1. The van der Waals surface area contributed by atoms with Gasteiger partial charge in [0.2, 0.25) is 0 Å². The largest absolute Gasteiger partial charge is 0.350 e. The Bertz CT molecular complexity index is 389. The number of rotatable bonds is 4. The number of ether oxygens (including phenoxy) is 1. The molecule has 0 aromatic heterocycles. The van der Waals surface area contributed by atoms with Gasteiger partial charge in [0.25, 0.3) is 0 Å². The lowest BCUT2D eigenvalue weighted by atomic mass is 10.2. The second-order valence-electron chi connectivity index (χ2n) is 3.97. The van der Waals surface area contributed by atoms with E-state index in [0.29, 0.717) is 10.7 Å². The molecule has 1 heterocycles. The van der Waals surface area contributed by atoms with Gasteiger partial charge in [-0.2, -0.15) is 0 Å². The third-order valence-corrected chi connectivity index (χ3v) is 2.98. The van der Waals surface area contributed by atoms with E-state index in [4.69, 9.17) is 21.2 Å². The summed E-state index contributed by atoms with van der Waals surface area (Å²) in [5, 5.41) is 0.651. The molecule has 1 N–H and O–H groups in total. The molecular weight excluding hydrogens is 238 g/mol. The number of benzene rings is 1. The molecule has 17 heavy (non-hydrogen) atoms. The summed E-state index contributed by atoms with van der Waals surface area (Å²) in [5.41, 5.74) is 4.29. The zero-order chi connectivity index (χ0) is 12.1. The van der Waals surface area contributed by atoms with E-state index in [1.165, 1.54) is 0 Å². The highest BCUT2D eigenvalue weighted by Gasteiger charge is 2.15. The lowest BCUT2D eigenvalue weighted by molar-refractivity contribution is -0.184. The first-order chi connectivity index (χ1) is 8.27. The molecule has 4 heteroatoms. The van der Waals surface area contributed by atoms with Crippen LogP contribution in [-0.4, -0.2) is 12.9 Å². The van der Waals surface area contributed by atoms with E-state index in [1.54, 1.807) is 0 Å². The fourth-order valence-corrected chi connectivity index (χ4v) is 1.95. The zero-order valence-electron chi connectivity index (χ0n) is 9.62. The maximum atomic E-state index is 6.05. The highest BCUT2D eigenvalue weighted by molar-refractivity contribution is 6.32. The Morgan fingerprint density at radius 2 is 2.24 bits per heavy atom. The summed E-state index contributed by atoms with van der Waals surface area (Å²) in [6.45, 7) is 4.65. The molecule has 2 rings (SSSR count). The molecule has 0 saturated carbocycles. The Hall–Kier alpha value is -1.03. The Labute approximate surface area is 106 Å². The standard InChI is InChI=1S/C13H16ClNO2/c1-10(11-6-2-3-7-12(11)14)15-17-13-8-4-5-9-16-13/h2-3,6-7,13,15H,1,4-5,8-9H2. The fraction of sp³-hybridized carbons (Fsp3) is 0.385. The van der Waals surface area contributed by atoms with Crippen LogP contribution in [0.15, 0.2) is 30.8 Å². The molecule has 1 aromatic rings. The lowest BCUT2D eigenvalue weighted by Crippen LogP contribution is -2.28. The predicted molar refractivity (Wildman–Crippen MR) is 68.3 cm³/mol. The van der Waals surface area contributed by atoms with Crippen molar-refractivity contribution in [1.82, 2.24) is 5.48 Å². The normalized spacial score (nSPS) is 19.9. The van der Waals surface area contributed by atoms with Gasteiger partial charge in [0.15, 0.2) is 6.29 Å². The average Bonchev–Trinajstić information content (AvgIpc) is 2.38. The van der Waals surface area contributed by atoms with Crippen LogP contribution in [0.1, 0.15) is 24.8 Å². The molecule has 1 aliphatic heterocycles. The molecule has 1 aromatic carbocycles. The monoisotopic (exact) mass is 253 g/mol. The fourth-order valence-electron chi connectivity index (χ4n) is 1.70. The second kappa shape index (κ2) is 6.05. The first-order valence-corrected chi connectivity index (χ1v) is 6.12. The lowest BCUT2D eigenvalue weighted by Gasteiger charge is -2.23. The van der Waals surface area contributed by atoms with Crippen LogP contribution in [0.25, 0.3) is 5.70 Å². The minimum Gasteiger partial charge on any atom is -0.350 e. The number of halogens is 1. The third-order valence-electron chi connectivity index (χ3n) is 2.65.